The molecule has 0 aromatic carbocycles. The maximum absolute atomic E-state index is 3.52. The summed E-state index contributed by atoms with van der Waals surface area (Å²) >= 11 is 2.49. The molecule has 17 heavy (non-hydrogen) atoms. The standard InChI is InChI=1S/C15H26IN/c1-5-7-8-10-15(4,9-6-2)14-13(16)12(3)11-17-14/h11,17H,5-10H2,1-4H3. The summed E-state index contributed by atoms with van der Waals surface area (Å²) in [5, 5.41) is 0. The lowest BCUT2D eigenvalue weighted by Gasteiger charge is -2.29. The molecule has 0 bridgehead atoms. The molecule has 2 heteroatoms. The molecule has 1 aromatic heterocycles. The van der Waals surface area contributed by atoms with Crippen LogP contribution < -0.4 is 0 Å². The molecule has 0 saturated carbocycles. The quantitative estimate of drug-likeness (QED) is 0.491. The lowest BCUT2D eigenvalue weighted by atomic mass is 9.77. The van der Waals surface area contributed by atoms with Crippen LogP contribution in [0, 0.1) is 10.5 Å². The summed E-state index contributed by atoms with van der Waals surface area (Å²) in [4.78, 5) is 3.52. The van der Waals surface area contributed by atoms with Gasteiger partial charge in [0.05, 0.1) is 0 Å². The number of aromatic amines is 1. The van der Waals surface area contributed by atoms with E-state index in [1.165, 1.54) is 53.4 Å². The Morgan fingerprint density at radius 2 is 1.88 bits per heavy atom. The lowest BCUT2D eigenvalue weighted by molar-refractivity contribution is 0.369. The van der Waals surface area contributed by atoms with Gasteiger partial charge >= 0.3 is 0 Å². The highest BCUT2D eigenvalue weighted by molar-refractivity contribution is 14.1. The Morgan fingerprint density at radius 1 is 1.18 bits per heavy atom. The van der Waals surface area contributed by atoms with Crippen molar-refractivity contribution in [3.05, 3.63) is 21.0 Å². The van der Waals surface area contributed by atoms with Gasteiger partial charge in [0.15, 0.2) is 0 Å². The molecule has 98 valence electrons. The average molecular weight is 347 g/mol. The van der Waals surface area contributed by atoms with E-state index in [2.05, 4.69) is 61.5 Å². The Hall–Kier alpha value is 0.01000. The van der Waals surface area contributed by atoms with Crippen LogP contribution in [-0.2, 0) is 5.41 Å². The highest BCUT2D eigenvalue weighted by atomic mass is 127. The maximum Gasteiger partial charge on any atom is 0.0372 e. The minimum Gasteiger partial charge on any atom is -0.363 e. The van der Waals surface area contributed by atoms with Crippen molar-refractivity contribution in [1.29, 1.82) is 0 Å². The molecule has 0 fully saturated rings. The Kier molecular flexibility index (Phi) is 6.04. The molecule has 0 amide bonds. The fraction of sp³-hybridized carbons (Fsp3) is 0.733. The summed E-state index contributed by atoms with van der Waals surface area (Å²) in [5.74, 6) is 0. The Bertz CT molecular complexity index is 343. The molecule has 1 nitrogen and oxygen atoms in total. The number of rotatable bonds is 7. The molecule has 1 atom stereocenters. The number of halogens is 1. The maximum atomic E-state index is 3.52. The van der Waals surface area contributed by atoms with Gasteiger partial charge in [0.25, 0.3) is 0 Å². The largest absolute Gasteiger partial charge is 0.363 e. The third kappa shape index (κ3) is 3.73. The van der Waals surface area contributed by atoms with E-state index < -0.39 is 0 Å². The van der Waals surface area contributed by atoms with Gasteiger partial charge in [-0.15, -0.1) is 0 Å². The smallest absolute Gasteiger partial charge is 0.0372 e. The number of H-pyrrole nitrogens is 1. The van der Waals surface area contributed by atoms with Gasteiger partial charge in [0, 0.05) is 20.9 Å². The Morgan fingerprint density at radius 3 is 2.35 bits per heavy atom. The monoisotopic (exact) mass is 347 g/mol. The predicted octanol–water partition coefficient (Wildman–Crippen LogP) is 5.57. The van der Waals surface area contributed by atoms with Gasteiger partial charge in [-0.3, -0.25) is 0 Å². The molecule has 0 saturated heterocycles. The molecule has 0 spiro atoms. The molecule has 0 aliphatic carbocycles. The zero-order valence-corrected chi connectivity index (χ0v) is 13.9. The van der Waals surface area contributed by atoms with Crippen molar-refractivity contribution in [2.75, 3.05) is 0 Å². The van der Waals surface area contributed by atoms with Crippen molar-refractivity contribution >= 4 is 22.6 Å². The third-order valence-corrected chi connectivity index (χ3v) is 5.13. The van der Waals surface area contributed by atoms with Crippen LogP contribution in [0.3, 0.4) is 0 Å². The molecule has 1 unspecified atom stereocenters. The van der Waals surface area contributed by atoms with Crippen molar-refractivity contribution in [1.82, 2.24) is 4.98 Å². The van der Waals surface area contributed by atoms with Gasteiger partial charge in [0.1, 0.15) is 0 Å². The highest BCUT2D eigenvalue weighted by Gasteiger charge is 2.29. The van der Waals surface area contributed by atoms with E-state index in [4.69, 9.17) is 0 Å². The van der Waals surface area contributed by atoms with Gasteiger partial charge in [-0.2, -0.15) is 0 Å². The molecule has 1 rings (SSSR count). The molecule has 0 radical (unpaired) electrons. The molecular weight excluding hydrogens is 321 g/mol. The summed E-state index contributed by atoms with van der Waals surface area (Å²) < 4.78 is 1.44. The second-order valence-corrected chi connectivity index (χ2v) is 6.51. The van der Waals surface area contributed by atoms with Gasteiger partial charge in [-0.25, -0.2) is 0 Å². The average Bonchev–Trinajstić information content (AvgIpc) is 2.61. The molecular formula is C15H26IN. The lowest BCUT2D eigenvalue weighted by Crippen LogP contribution is -2.23. The number of aryl methyl sites for hydroxylation is 1. The van der Waals surface area contributed by atoms with E-state index in [-0.39, 0.29) is 0 Å². The summed E-state index contributed by atoms with van der Waals surface area (Å²) in [6, 6.07) is 0. The number of hydrogen-bond acceptors (Lipinski definition) is 0. The van der Waals surface area contributed by atoms with Crippen LogP contribution in [0.1, 0.15) is 70.6 Å². The SMILES string of the molecule is CCCCCC(C)(CCC)c1[nH]cc(C)c1I. The van der Waals surface area contributed by atoms with Crippen molar-refractivity contribution in [2.45, 2.75) is 71.6 Å². The van der Waals surface area contributed by atoms with Gasteiger partial charge in [-0.1, -0.05) is 46.5 Å². The highest BCUT2D eigenvalue weighted by Crippen LogP contribution is 2.37. The van der Waals surface area contributed by atoms with Gasteiger partial charge in [0.2, 0.25) is 0 Å². The van der Waals surface area contributed by atoms with E-state index in [1.54, 1.807) is 0 Å². The fourth-order valence-electron chi connectivity index (χ4n) is 2.64. The van der Waals surface area contributed by atoms with Crippen LogP contribution in [0.2, 0.25) is 0 Å². The molecule has 1 heterocycles. The van der Waals surface area contributed by atoms with Crippen molar-refractivity contribution < 1.29 is 0 Å². The zero-order chi connectivity index (χ0) is 12.9. The van der Waals surface area contributed by atoms with Crippen molar-refractivity contribution in [3.63, 3.8) is 0 Å². The molecule has 1 N–H and O–H groups in total. The van der Waals surface area contributed by atoms with Crippen LogP contribution in [-0.4, -0.2) is 4.98 Å². The van der Waals surface area contributed by atoms with Crippen LogP contribution in [0.4, 0.5) is 0 Å². The molecule has 1 aromatic rings. The predicted molar refractivity (Wildman–Crippen MR) is 84.6 cm³/mol. The van der Waals surface area contributed by atoms with Gasteiger partial charge < -0.3 is 4.98 Å². The number of hydrogen-bond donors (Lipinski definition) is 1. The summed E-state index contributed by atoms with van der Waals surface area (Å²) in [5.41, 5.74) is 3.20. The second kappa shape index (κ2) is 6.81. The van der Waals surface area contributed by atoms with E-state index in [9.17, 15) is 0 Å². The van der Waals surface area contributed by atoms with Crippen LogP contribution in [0.15, 0.2) is 6.20 Å². The summed E-state index contributed by atoms with van der Waals surface area (Å²) in [7, 11) is 0. The number of aromatic nitrogens is 1. The van der Waals surface area contributed by atoms with Crippen LogP contribution >= 0.6 is 22.6 Å². The fourth-order valence-corrected chi connectivity index (χ4v) is 3.60. The number of unbranched alkanes of at least 4 members (excludes halogenated alkanes) is 2. The molecule has 0 aliphatic heterocycles. The number of nitrogens with one attached hydrogen (secondary N) is 1. The van der Waals surface area contributed by atoms with E-state index in [0.29, 0.717) is 5.41 Å². The Balaban J connectivity index is 2.86. The first-order valence-corrected chi connectivity index (χ1v) is 7.97. The minimum absolute atomic E-state index is 0.342. The van der Waals surface area contributed by atoms with E-state index >= 15 is 0 Å². The first-order chi connectivity index (χ1) is 8.05. The zero-order valence-electron chi connectivity index (χ0n) is 11.7. The topological polar surface area (TPSA) is 15.8 Å². The van der Waals surface area contributed by atoms with E-state index in [0.717, 1.165) is 0 Å². The molecule has 0 aliphatic rings. The van der Waals surface area contributed by atoms with Crippen molar-refractivity contribution in [2.24, 2.45) is 0 Å². The summed E-state index contributed by atoms with van der Waals surface area (Å²) in [6.07, 6.45) is 10.0. The summed E-state index contributed by atoms with van der Waals surface area (Å²) in [6.45, 7) is 9.19. The van der Waals surface area contributed by atoms with Gasteiger partial charge in [-0.05, 0) is 47.9 Å². The van der Waals surface area contributed by atoms with E-state index in [1.807, 2.05) is 0 Å². The third-order valence-electron chi connectivity index (χ3n) is 3.74. The van der Waals surface area contributed by atoms with Crippen LogP contribution in [0.25, 0.3) is 0 Å². The van der Waals surface area contributed by atoms with Crippen LogP contribution in [0.5, 0.6) is 0 Å². The second-order valence-electron chi connectivity index (χ2n) is 5.43. The minimum atomic E-state index is 0.342. The first-order valence-electron chi connectivity index (χ1n) is 6.89. The first kappa shape index (κ1) is 15.1. The normalized spacial score (nSPS) is 14.9. The van der Waals surface area contributed by atoms with Crippen molar-refractivity contribution in [3.8, 4) is 0 Å². The Labute approximate surface area is 120 Å².